The standard InChI is InChI=1S/C25H28FN5O2S/c1-13-2-5-19-22(27)23(34-25(19)29-13)24(32)30-15-4-3-14-6-17(8-21(26)20(14)7-15)31-10-16-12-33-18(11-31)9-28-16/h2,5-6,8,15-16,18,28H,3-4,7,9-12,27H2,1H3,(H,30,32)/t15-,16?,18?/m0/s1. The summed E-state index contributed by atoms with van der Waals surface area (Å²) in [7, 11) is 0. The number of hydrogen-bond donors (Lipinski definition) is 3. The second-order valence-electron chi connectivity index (χ2n) is 9.59. The molecule has 4 aliphatic rings. The van der Waals surface area contributed by atoms with Gasteiger partial charge in [-0.3, -0.25) is 4.79 Å². The number of thiophene rings is 1. The minimum Gasteiger partial charge on any atom is -0.397 e. The number of nitrogen functional groups attached to an aromatic ring is 1. The molecule has 2 unspecified atom stereocenters. The topological polar surface area (TPSA) is 92.5 Å². The van der Waals surface area contributed by atoms with Gasteiger partial charge in [0.05, 0.1) is 18.4 Å². The highest BCUT2D eigenvalue weighted by molar-refractivity contribution is 7.21. The molecular weight excluding hydrogens is 453 g/mol. The first kappa shape index (κ1) is 21.8. The van der Waals surface area contributed by atoms with Crippen LogP contribution in [0, 0.1) is 12.7 Å². The molecule has 7 rings (SSSR count). The first-order valence-electron chi connectivity index (χ1n) is 11.8. The summed E-state index contributed by atoms with van der Waals surface area (Å²) in [5.41, 5.74) is 10.3. The van der Waals surface area contributed by atoms with Crippen LogP contribution in [-0.2, 0) is 17.6 Å². The molecule has 1 amide bonds. The molecule has 3 aromatic rings. The van der Waals surface area contributed by atoms with Crippen LogP contribution in [0.1, 0.15) is 32.9 Å². The van der Waals surface area contributed by atoms with Crippen molar-refractivity contribution in [3.8, 4) is 0 Å². The van der Waals surface area contributed by atoms with Gasteiger partial charge in [-0.05, 0) is 61.6 Å². The average molecular weight is 482 g/mol. The van der Waals surface area contributed by atoms with E-state index in [-0.39, 0.29) is 29.9 Å². The third kappa shape index (κ3) is 3.91. The molecule has 1 aliphatic carbocycles. The summed E-state index contributed by atoms with van der Waals surface area (Å²) in [4.78, 5) is 21.0. The van der Waals surface area contributed by atoms with Gasteiger partial charge in [0.1, 0.15) is 15.5 Å². The Morgan fingerprint density at radius 1 is 1.35 bits per heavy atom. The Bertz CT molecular complexity index is 1260. The van der Waals surface area contributed by atoms with E-state index in [2.05, 4.69) is 26.6 Å². The number of pyridine rings is 1. The van der Waals surface area contributed by atoms with Crippen LogP contribution in [0.3, 0.4) is 0 Å². The number of benzene rings is 1. The Labute approximate surface area is 201 Å². The predicted molar refractivity (Wildman–Crippen MR) is 132 cm³/mol. The molecular formula is C25H28FN5O2S. The number of anilines is 2. The van der Waals surface area contributed by atoms with Crippen LogP contribution in [-0.4, -0.2) is 55.3 Å². The van der Waals surface area contributed by atoms with Gasteiger partial charge in [0, 0.05) is 48.5 Å². The molecule has 3 atom stereocenters. The fraction of sp³-hybridized carbons (Fsp3) is 0.440. The minimum absolute atomic E-state index is 0.133. The van der Waals surface area contributed by atoms with Crippen LogP contribution < -0.4 is 21.3 Å². The van der Waals surface area contributed by atoms with Gasteiger partial charge in [-0.25, -0.2) is 9.37 Å². The van der Waals surface area contributed by atoms with Gasteiger partial charge in [-0.15, -0.1) is 11.3 Å². The summed E-state index contributed by atoms with van der Waals surface area (Å²) in [5.74, 6) is -0.408. The number of nitrogens with two attached hydrogens (primary N) is 1. The van der Waals surface area contributed by atoms with E-state index in [9.17, 15) is 4.79 Å². The van der Waals surface area contributed by atoms with E-state index in [1.54, 1.807) is 6.07 Å². The molecule has 3 saturated heterocycles. The Balaban J connectivity index is 1.19. The third-order valence-electron chi connectivity index (χ3n) is 7.16. The highest BCUT2D eigenvalue weighted by atomic mass is 32.1. The number of amides is 1. The summed E-state index contributed by atoms with van der Waals surface area (Å²) in [6.45, 7) is 5.05. The number of halogens is 1. The SMILES string of the molecule is Cc1ccc2c(N)c(C(=O)N[C@H]3CCc4cc(N5CC6COC(CN6)C5)cc(F)c4C3)sc2n1. The summed E-state index contributed by atoms with van der Waals surface area (Å²) < 4.78 is 21.1. The zero-order valence-electron chi connectivity index (χ0n) is 19.1. The van der Waals surface area contributed by atoms with E-state index >= 15 is 4.39 Å². The highest BCUT2D eigenvalue weighted by Gasteiger charge is 2.31. The molecule has 178 valence electrons. The van der Waals surface area contributed by atoms with Crippen LogP contribution in [0.15, 0.2) is 24.3 Å². The van der Waals surface area contributed by atoms with Gasteiger partial charge in [0.15, 0.2) is 0 Å². The first-order chi connectivity index (χ1) is 16.4. The molecule has 3 aliphatic heterocycles. The van der Waals surface area contributed by atoms with E-state index in [4.69, 9.17) is 10.5 Å². The van der Waals surface area contributed by atoms with Gasteiger partial charge in [-0.1, -0.05) is 0 Å². The molecule has 7 nitrogen and oxygen atoms in total. The predicted octanol–water partition coefficient (Wildman–Crippen LogP) is 2.79. The molecule has 34 heavy (non-hydrogen) atoms. The number of rotatable bonds is 3. The van der Waals surface area contributed by atoms with E-state index in [1.807, 2.05) is 19.1 Å². The van der Waals surface area contributed by atoms with Crippen molar-refractivity contribution in [1.82, 2.24) is 15.6 Å². The maximum absolute atomic E-state index is 15.3. The second-order valence-corrected chi connectivity index (χ2v) is 10.6. The van der Waals surface area contributed by atoms with Crippen molar-refractivity contribution >= 4 is 38.8 Å². The fourth-order valence-corrected chi connectivity index (χ4v) is 6.36. The number of aryl methyl sites for hydroxylation is 2. The summed E-state index contributed by atoms with van der Waals surface area (Å²) in [5, 5.41) is 7.39. The number of morpholine rings is 1. The number of fused-ring (bicyclic) bond motifs is 6. The molecule has 2 aromatic heterocycles. The lowest BCUT2D eigenvalue weighted by Gasteiger charge is -2.29. The largest absolute Gasteiger partial charge is 0.397 e. The van der Waals surface area contributed by atoms with Crippen molar-refractivity contribution < 1.29 is 13.9 Å². The average Bonchev–Trinajstić information content (AvgIpc) is 2.97. The molecule has 4 N–H and O–H groups in total. The Hall–Kier alpha value is -2.75. The lowest BCUT2D eigenvalue weighted by atomic mass is 9.87. The number of nitrogens with zero attached hydrogens (tertiary/aromatic N) is 2. The normalized spacial score (nSPS) is 24.2. The molecule has 9 heteroatoms. The van der Waals surface area contributed by atoms with Crippen LogP contribution >= 0.6 is 11.3 Å². The Morgan fingerprint density at radius 3 is 3.06 bits per heavy atom. The number of aromatic nitrogens is 1. The van der Waals surface area contributed by atoms with Crippen molar-refractivity contribution in [2.75, 3.05) is 36.9 Å². The lowest BCUT2D eigenvalue weighted by Crippen LogP contribution is -2.45. The molecule has 0 saturated carbocycles. The molecule has 0 radical (unpaired) electrons. The minimum atomic E-state index is -0.212. The van der Waals surface area contributed by atoms with Gasteiger partial charge < -0.3 is 26.0 Å². The zero-order valence-corrected chi connectivity index (χ0v) is 19.9. The van der Waals surface area contributed by atoms with Crippen molar-refractivity contribution in [1.29, 1.82) is 0 Å². The molecule has 3 fully saturated rings. The van der Waals surface area contributed by atoms with Crippen LogP contribution in [0.5, 0.6) is 0 Å². The molecule has 5 heterocycles. The first-order valence-corrected chi connectivity index (χ1v) is 12.6. The smallest absolute Gasteiger partial charge is 0.263 e. The quantitative estimate of drug-likeness (QED) is 0.533. The van der Waals surface area contributed by atoms with Crippen LogP contribution in [0.25, 0.3) is 10.2 Å². The Kier molecular flexibility index (Phi) is 5.43. The zero-order chi connectivity index (χ0) is 23.4. The molecule has 0 spiro atoms. The molecule has 1 aromatic carbocycles. The van der Waals surface area contributed by atoms with E-state index in [0.29, 0.717) is 29.2 Å². The number of carbonyl (C=O) groups is 1. The second kappa shape index (κ2) is 8.48. The van der Waals surface area contributed by atoms with Crippen LogP contribution in [0.4, 0.5) is 15.8 Å². The maximum atomic E-state index is 15.3. The maximum Gasteiger partial charge on any atom is 0.263 e. The van der Waals surface area contributed by atoms with Gasteiger partial charge in [-0.2, -0.15) is 0 Å². The van der Waals surface area contributed by atoms with E-state index in [0.717, 1.165) is 59.6 Å². The number of carbonyl (C=O) groups excluding carboxylic acids is 1. The summed E-state index contributed by atoms with van der Waals surface area (Å²) in [6, 6.07) is 7.71. The summed E-state index contributed by atoms with van der Waals surface area (Å²) >= 11 is 1.31. The monoisotopic (exact) mass is 481 g/mol. The van der Waals surface area contributed by atoms with Gasteiger partial charge in [0.2, 0.25) is 0 Å². The molecule has 2 bridgehead atoms. The number of nitrogens with one attached hydrogen (secondary N) is 2. The van der Waals surface area contributed by atoms with Crippen molar-refractivity contribution in [3.63, 3.8) is 0 Å². The van der Waals surface area contributed by atoms with E-state index in [1.165, 1.54) is 11.3 Å². The van der Waals surface area contributed by atoms with Crippen molar-refractivity contribution in [3.05, 3.63) is 51.8 Å². The van der Waals surface area contributed by atoms with Gasteiger partial charge in [0.25, 0.3) is 5.91 Å². The fourth-order valence-electron chi connectivity index (χ4n) is 5.32. The van der Waals surface area contributed by atoms with Gasteiger partial charge >= 0.3 is 0 Å². The lowest BCUT2D eigenvalue weighted by molar-refractivity contribution is 0.0259. The number of ether oxygens (including phenoxy) is 1. The summed E-state index contributed by atoms with van der Waals surface area (Å²) in [6.07, 6.45) is 2.10. The number of hydrogen-bond acceptors (Lipinski definition) is 7. The third-order valence-corrected chi connectivity index (χ3v) is 8.27. The van der Waals surface area contributed by atoms with E-state index < -0.39 is 0 Å². The van der Waals surface area contributed by atoms with Crippen molar-refractivity contribution in [2.45, 2.75) is 44.4 Å². The van der Waals surface area contributed by atoms with Crippen LogP contribution in [0.2, 0.25) is 0 Å². The highest BCUT2D eigenvalue weighted by Crippen LogP contribution is 2.34. The Morgan fingerprint density at radius 2 is 2.24 bits per heavy atom. The van der Waals surface area contributed by atoms with Crippen molar-refractivity contribution in [2.24, 2.45) is 0 Å².